The van der Waals surface area contributed by atoms with Gasteiger partial charge in [-0.15, -0.1) is 5.10 Å². The number of aliphatic hydroxyl groups excluding tert-OH is 1. The van der Waals surface area contributed by atoms with E-state index in [2.05, 4.69) is 26.3 Å². The summed E-state index contributed by atoms with van der Waals surface area (Å²) in [7, 11) is 1.49. The highest BCUT2D eigenvalue weighted by molar-refractivity contribution is 5.99. The number of ether oxygens (including phenoxy) is 3. The Kier molecular flexibility index (Phi) is 14.2. The van der Waals surface area contributed by atoms with Gasteiger partial charge in [-0.3, -0.25) is 23.9 Å². The van der Waals surface area contributed by atoms with Gasteiger partial charge in [-0.25, -0.2) is 0 Å². The van der Waals surface area contributed by atoms with Gasteiger partial charge in [-0.1, -0.05) is 19.1 Å². The fourth-order valence-corrected chi connectivity index (χ4v) is 5.91. The van der Waals surface area contributed by atoms with Crippen molar-refractivity contribution in [1.29, 1.82) is 0 Å². The van der Waals surface area contributed by atoms with Crippen LogP contribution < -0.4 is 25.4 Å². The van der Waals surface area contributed by atoms with E-state index in [0.717, 1.165) is 0 Å². The number of nitrogens with zero attached hydrogens (tertiary/aromatic N) is 4. The molecule has 2 aliphatic heterocycles. The molecule has 3 atom stereocenters. The van der Waals surface area contributed by atoms with Gasteiger partial charge in [0, 0.05) is 50.9 Å². The lowest BCUT2D eigenvalue weighted by molar-refractivity contribution is -0.138. The van der Waals surface area contributed by atoms with Crippen LogP contribution in [-0.4, -0.2) is 107 Å². The first-order valence-electron chi connectivity index (χ1n) is 17.2. The maximum atomic E-state index is 13.5. The summed E-state index contributed by atoms with van der Waals surface area (Å²) in [6, 6.07) is 2.48. The van der Waals surface area contributed by atoms with Crippen molar-refractivity contribution in [2.24, 2.45) is 11.8 Å². The smallest absolute Gasteiger partial charge is 0.252 e. The Bertz CT molecular complexity index is 1410. The summed E-state index contributed by atoms with van der Waals surface area (Å²) in [5.74, 6) is -0.874. The van der Waals surface area contributed by atoms with E-state index in [4.69, 9.17) is 14.2 Å². The van der Waals surface area contributed by atoms with Gasteiger partial charge in [0.1, 0.15) is 24.4 Å². The molecular weight excluding hydrogens is 634 g/mol. The van der Waals surface area contributed by atoms with Crippen molar-refractivity contribution in [2.45, 2.75) is 90.6 Å². The molecule has 2 aliphatic rings. The monoisotopic (exact) mass is 685 g/mol. The average Bonchev–Trinajstić information content (AvgIpc) is 3.54. The molecule has 4 rings (SSSR count). The van der Waals surface area contributed by atoms with Gasteiger partial charge < -0.3 is 40.2 Å². The summed E-state index contributed by atoms with van der Waals surface area (Å²) in [4.78, 5) is 55.3. The van der Waals surface area contributed by atoms with Gasteiger partial charge in [-0.05, 0) is 69.6 Å². The molecule has 0 saturated carbocycles. The SMILES string of the molecule is COc1ccc2cc1OCc1cn(nn1)CCCN(C(=O)C1CCOCC1)CCCCNC(=O)[C@H]([C@@H](C)O)NC(=O)[C@@H](CC(C)C)NC2=O. The molecule has 15 nitrogen and oxygen atoms in total. The maximum Gasteiger partial charge on any atom is 0.252 e. The highest BCUT2D eigenvalue weighted by atomic mass is 16.5. The maximum absolute atomic E-state index is 13.5. The number of hydrogen-bond acceptors (Lipinski definition) is 10. The van der Waals surface area contributed by atoms with Gasteiger partial charge in [0.25, 0.3) is 5.91 Å². The Morgan fingerprint density at radius 2 is 1.80 bits per heavy atom. The minimum Gasteiger partial charge on any atom is -0.493 e. The van der Waals surface area contributed by atoms with Crippen LogP contribution in [0.5, 0.6) is 11.5 Å². The largest absolute Gasteiger partial charge is 0.493 e. The van der Waals surface area contributed by atoms with Gasteiger partial charge >= 0.3 is 0 Å². The summed E-state index contributed by atoms with van der Waals surface area (Å²) in [5.41, 5.74) is 0.810. The van der Waals surface area contributed by atoms with E-state index >= 15 is 0 Å². The van der Waals surface area contributed by atoms with Crippen LogP contribution in [0.15, 0.2) is 24.4 Å². The number of nitrogens with one attached hydrogen (secondary N) is 3. The molecule has 1 aromatic carbocycles. The number of benzene rings is 1. The Hall–Kier alpha value is -4.24. The number of amides is 4. The first kappa shape index (κ1) is 37.6. The van der Waals surface area contributed by atoms with Crippen molar-refractivity contribution >= 4 is 23.6 Å². The topological polar surface area (TPSA) is 186 Å². The van der Waals surface area contributed by atoms with E-state index < -0.39 is 35.9 Å². The van der Waals surface area contributed by atoms with Crippen molar-refractivity contribution in [3.63, 3.8) is 0 Å². The van der Waals surface area contributed by atoms with E-state index in [9.17, 15) is 24.3 Å². The fourth-order valence-electron chi connectivity index (χ4n) is 5.91. The summed E-state index contributed by atoms with van der Waals surface area (Å²) in [5, 5.41) is 27.1. The van der Waals surface area contributed by atoms with Gasteiger partial charge in [0.05, 0.1) is 19.4 Å². The molecule has 49 heavy (non-hydrogen) atoms. The van der Waals surface area contributed by atoms with Crippen LogP contribution >= 0.6 is 0 Å². The third-order valence-electron chi connectivity index (χ3n) is 8.63. The molecule has 4 N–H and O–H groups in total. The molecule has 4 amide bonds. The summed E-state index contributed by atoms with van der Waals surface area (Å²) >= 11 is 0. The standard InChI is InChI=1S/C34H51N7O8/c1-22(2)18-27-32(44)37-30(23(3)42)33(45)35-12-5-6-13-40(34(46)24-10-16-48-17-11-24)14-7-15-41-20-26(38-39-41)21-49-29-19-25(31(43)36-27)8-9-28(29)47-4/h8-9,19-20,22-24,27,30,42H,5-7,10-18,21H2,1-4H3,(H,35,45)(H,36,43)(H,37,44)/t23-,27-,30+/m1/s1. The number of aryl methyl sites for hydroxylation is 1. The normalized spacial score (nSPS) is 21.8. The first-order chi connectivity index (χ1) is 23.5. The lowest BCUT2D eigenvalue weighted by atomic mass is 9.98. The molecule has 0 aliphatic carbocycles. The van der Waals surface area contributed by atoms with E-state index in [-0.39, 0.29) is 29.9 Å². The number of aliphatic hydroxyl groups is 1. The third kappa shape index (κ3) is 11.1. The van der Waals surface area contributed by atoms with Crippen molar-refractivity contribution in [3.05, 3.63) is 35.7 Å². The van der Waals surface area contributed by atoms with Crippen molar-refractivity contribution < 1.29 is 38.5 Å². The summed E-state index contributed by atoms with van der Waals surface area (Å²) in [6.45, 7) is 8.37. The molecule has 4 bridgehead atoms. The number of fused-ring (bicyclic) bond motifs is 4. The Balaban J connectivity index is 1.56. The number of carbonyl (C=O) groups excluding carboxylic acids is 4. The molecule has 270 valence electrons. The Labute approximate surface area is 287 Å². The molecule has 0 radical (unpaired) electrons. The van der Waals surface area contributed by atoms with Crippen LogP contribution in [-0.2, 0) is 32.3 Å². The number of methoxy groups -OCH3 is 1. The van der Waals surface area contributed by atoms with Gasteiger partial charge in [0.2, 0.25) is 17.7 Å². The van der Waals surface area contributed by atoms with Crippen LogP contribution in [0.1, 0.15) is 75.3 Å². The predicted octanol–water partition coefficient (Wildman–Crippen LogP) is 1.43. The van der Waals surface area contributed by atoms with E-state index in [1.54, 1.807) is 23.0 Å². The van der Waals surface area contributed by atoms with E-state index in [1.165, 1.54) is 20.1 Å². The molecule has 3 heterocycles. The van der Waals surface area contributed by atoms with Crippen LogP contribution in [0.4, 0.5) is 0 Å². The Morgan fingerprint density at radius 1 is 1.04 bits per heavy atom. The zero-order valence-electron chi connectivity index (χ0n) is 29.0. The molecule has 1 saturated heterocycles. The van der Waals surface area contributed by atoms with Gasteiger partial charge in [-0.2, -0.15) is 0 Å². The lowest BCUT2D eigenvalue weighted by Gasteiger charge is -2.29. The quantitative estimate of drug-likeness (QED) is 0.359. The summed E-state index contributed by atoms with van der Waals surface area (Å²) < 4.78 is 18.6. The molecule has 0 spiro atoms. The highest BCUT2D eigenvalue weighted by Gasteiger charge is 2.31. The van der Waals surface area contributed by atoms with Crippen LogP contribution in [0.3, 0.4) is 0 Å². The zero-order valence-corrected chi connectivity index (χ0v) is 29.0. The minimum atomic E-state index is -1.23. The molecule has 0 unspecified atom stereocenters. The van der Waals surface area contributed by atoms with Crippen LogP contribution in [0.25, 0.3) is 0 Å². The number of rotatable bonds is 5. The molecular formula is C34H51N7O8. The Morgan fingerprint density at radius 3 is 2.51 bits per heavy atom. The van der Waals surface area contributed by atoms with Gasteiger partial charge in [0.15, 0.2) is 11.5 Å². The predicted molar refractivity (Wildman–Crippen MR) is 179 cm³/mol. The number of aromatic nitrogens is 3. The minimum absolute atomic E-state index is 0.0304. The first-order valence-corrected chi connectivity index (χ1v) is 17.2. The van der Waals surface area contributed by atoms with Crippen LogP contribution in [0.2, 0.25) is 0 Å². The van der Waals surface area contributed by atoms with E-state index in [0.29, 0.717) is 95.1 Å². The average molecular weight is 686 g/mol. The van der Waals surface area contributed by atoms with E-state index in [1.807, 2.05) is 18.7 Å². The zero-order chi connectivity index (χ0) is 35.3. The molecule has 1 fully saturated rings. The van der Waals surface area contributed by atoms with Crippen molar-refractivity contribution in [3.8, 4) is 11.5 Å². The van der Waals surface area contributed by atoms with Crippen LogP contribution in [0, 0.1) is 11.8 Å². The highest BCUT2D eigenvalue weighted by Crippen LogP contribution is 2.29. The van der Waals surface area contributed by atoms with Crippen molar-refractivity contribution in [2.75, 3.05) is 40.0 Å². The number of carbonyl (C=O) groups is 4. The second kappa shape index (κ2) is 18.5. The molecule has 1 aromatic heterocycles. The molecule has 15 heteroatoms. The van der Waals surface area contributed by atoms with Crippen molar-refractivity contribution in [1.82, 2.24) is 35.8 Å². The second-order valence-electron chi connectivity index (χ2n) is 13.1. The molecule has 2 aromatic rings. The summed E-state index contributed by atoms with van der Waals surface area (Å²) in [6.07, 6.45) is 4.18. The lowest BCUT2D eigenvalue weighted by Crippen LogP contribution is -2.57. The second-order valence-corrected chi connectivity index (χ2v) is 13.1. The third-order valence-corrected chi connectivity index (χ3v) is 8.63. The number of hydrogen-bond donors (Lipinski definition) is 4. The fraction of sp³-hybridized carbons (Fsp3) is 0.647.